The van der Waals surface area contributed by atoms with Gasteiger partial charge in [-0.3, -0.25) is 10.1 Å². The van der Waals surface area contributed by atoms with Gasteiger partial charge in [-0.2, -0.15) is 0 Å². The van der Waals surface area contributed by atoms with E-state index < -0.39 is 0 Å². The maximum atomic E-state index is 12.6. The van der Waals surface area contributed by atoms with Gasteiger partial charge < -0.3 is 4.90 Å². The molecular formula is C16H32N2O. The zero-order chi connectivity index (χ0) is 14.7. The van der Waals surface area contributed by atoms with Crippen molar-refractivity contribution in [3.8, 4) is 0 Å². The second kappa shape index (κ2) is 6.74. The van der Waals surface area contributed by atoms with E-state index in [0.717, 1.165) is 13.0 Å². The summed E-state index contributed by atoms with van der Waals surface area (Å²) in [6.07, 6.45) is 1.15. The molecule has 3 atom stereocenters. The summed E-state index contributed by atoms with van der Waals surface area (Å²) in [6, 6.07) is 0.0202. The highest BCUT2D eigenvalue weighted by Crippen LogP contribution is 2.24. The third kappa shape index (κ3) is 4.20. The Kier molecular flexibility index (Phi) is 5.84. The maximum absolute atomic E-state index is 12.6. The van der Waals surface area contributed by atoms with Crippen LogP contribution in [0.2, 0.25) is 0 Å². The number of carbonyl (C=O) groups excluding carboxylic acids is 1. The first-order chi connectivity index (χ1) is 8.73. The predicted octanol–water partition coefficient (Wildman–Crippen LogP) is 3.11. The maximum Gasteiger partial charge on any atom is 0.241 e. The largest absolute Gasteiger partial charge is 0.325 e. The van der Waals surface area contributed by atoms with Gasteiger partial charge in [0, 0.05) is 6.54 Å². The summed E-state index contributed by atoms with van der Waals surface area (Å²) in [7, 11) is 0. The van der Waals surface area contributed by atoms with E-state index in [9.17, 15) is 4.79 Å². The Morgan fingerprint density at radius 1 is 1.11 bits per heavy atom. The van der Waals surface area contributed by atoms with E-state index in [-0.39, 0.29) is 12.2 Å². The Balaban J connectivity index is 2.77. The number of nitrogens with one attached hydrogen (secondary N) is 1. The molecule has 19 heavy (non-hydrogen) atoms. The van der Waals surface area contributed by atoms with Crippen LogP contribution in [0, 0.1) is 23.7 Å². The molecule has 0 spiro atoms. The van der Waals surface area contributed by atoms with Gasteiger partial charge in [-0.05, 0) is 30.1 Å². The molecule has 0 radical (unpaired) electrons. The Bertz CT molecular complexity index is 299. The molecule has 0 bridgehead atoms. The fraction of sp³-hybridized carbons (Fsp3) is 0.938. The molecule has 0 aromatic carbocycles. The fourth-order valence-corrected chi connectivity index (χ4v) is 2.62. The lowest BCUT2D eigenvalue weighted by atomic mass is 9.96. The van der Waals surface area contributed by atoms with Crippen LogP contribution in [0.25, 0.3) is 0 Å². The van der Waals surface area contributed by atoms with Gasteiger partial charge in [0.05, 0.1) is 12.2 Å². The Labute approximate surface area is 119 Å². The van der Waals surface area contributed by atoms with E-state index in [4.69, 9.17) is 0 Å². The zero-order valence-corrected chi connectivity index (χ0v) is 13.7. The highest BCUT2D eigenvalue weighted by molar-refractivity contribution is 5.84. The Morgan fingerprint density at radius 2 is 1.68 bits per heavy atom. The van der Waals surface area contributed by atoms with E-state index in [0.29, 0.717) is 29.6 Å². The predicted molar refractivity (Wildman–Crippen MR) is 80.7 cm³/mol. The van der Waals surface area contributed by atoms with Crippen molar-refractivity contribution in [2.24, 2.45) is 23.7 Å². The molecule has 0 aliphatic carbocycles. The number of amides is 1. The van der Waals surface area contributed by atoms with Gasteiger partial charge in [0.1, 0.15) is 0 Å². The smallest absolute Gasteiger partial charge is 0.241 e. The van der Waals surface area contributed by atoms with E-state index in [1.807, 2.05) is 0 Å². The molecule has 1 aliphatic heterocycles. The number of hydrogen-bond donors (Lipinski definition) is 1. The van der Waals surface area contributed by atoms with Crippen molar-refractivity contribution in [2.45, 2.75) is 67.1 Å². The summed E-state index contributed by atoms with van der Waals surface area (Å²) in [5.74, 6) is 2.48. The molecule has 1 N–H and O–H groups in total. The quantitative estimate of drug-likeness (QED) is 0.803. The summed E-state index contributed by atoms with van der Waals surface area (Å²) in [6.45, 7) is 16.3. The molecule has 1 heterocycles. The average Bonchev–Trinajstić information content (AvgIpc) is 2.57. The first-order valence-corrected chi connectivity index (χ1v) is 7.80. The van der Waals surface area contributed by atoms with Crippen LogP contribution in [0.5, 0.6) is 0 Å². The first kappa shape index (κ1) is 16.5. The molecule has 3 nitrogen and oxygen atoms in total. The molecule has 1 aliphatic rings. The van der Waals surface area contributed by atoms with Gasteiger partial charge in [-0.25, -0.2) is 0 Å². The van der Waals surface area contributed by atoms with Crippen LogP contribution < -0.4 is 5.32 Å². The number of rotatable bonds is 6. The second-order valence-corrected chi connectivity index (χ2v) is 7.25. The van der Waals surface area contributed by atoms with Gasteiger partial charge in [0.2, 0.25) is 5.91 Å². The molecule has 0 aromatic rings. The van der Waals surface area contributed by atoms with Crippen LogP contribution in [0.3, 0.4) is 0 Å². The fourth-order valence-electron chi connectivity index (χ4n) is 2.62. The lowest BCUT2D eigenvalue weighted by molar-refractivity contribution is -0.131. The molecule has 0 saturated carbocycles. The van der Waals surface area contributed by atoms with Crippen molar-refractivity contribution in [3.63, 3.8) is 0 Å². The summed E-state index contributed by atoms with van der Waals surface area (Å²) >= 11 is 0. The van der Waals surface area contributed by atoms with Crippen molar-refractivity contribution in [1.82, 2.24) is 10.2 Å². The van der Waals surface area contributed by atoms with Gasteiger partial charge in [0.15, 0.2) is 0 Å². The highest BCUT2D eigenvalue weighted by atomic mass is 16.2. The van der Waals surface area contributed by atoms with Crippen molar-refractivity contribution in [1.29, 1.82) is 0 Å². The lowest BCUT2D eigenvalue weighted by Crippen LogP contribution is -2.44. The molecule has 3 heteroatoms. The van der Waals surface area contributed by atoms with E-state index in [2.05, 4.69) is 58.7 Å². The van der Waals surface area contributed by atoms with Crippen LogP contribution in [0.4, 0.5) is 0 Å². The average molecular weight is 268 g/mol. The summed E-state index contributed by atoms with van der Waals surface area (Å²) < 4.78 is 0. The summed E-state index contributed by atoms with van der Waals surface area (Å²) in [4.78, 5) is 14.7. The molecule has 1 saturated heterocycles. The van der Waals surface area contributed by atoms with Crippen molar-refractivity contribution >= 4 is 5.91 Å². The van der Waals surface area contributed by atoms with Crippen molar-refractivity contribution in [2.75, 3.05) is 6.54 Å². The minimum atomic E-state index is 0.0202. The zero-order valence-electron chi connectivity index (χ0n) is 13.7. The SMILES string of the molecule is CC(C)CC1NC(C(C)C)N(CC(C)C(C)C)C1=O. The van der Waals surface area contributed by atoms with Crippen molar-refractivity contribution < 1.29 is 4.79 Å². The third-order valence-electron chi connectivity index (χ3n) is 4.25. The van der Waals surface area contributed by atoms with Gasteiger partial charge >= 0.3 is 0 Å². The number of carbonyl (C=O) groups is 1. The normalized spacial score (nSPS) is 26.0. The number of hydrogen-bond acceptors (Lipinski definition) is 2. The molecule has 0 aromatic heterocycles. The standard InChI is InChI=1S/C16H32N2O/c1-10(2)8-14-16(19)18(9-13(7)11(3)4)15(17-14)12(5)6/h10-15,17H,8-9H2,1-7H3. The molecular weight excluding hydrogens is 236 g/mol. The third-order valence-corrected chi connectivity index (χ3v) is 4.25. The summed E-state index contributed by atoms with van der Waals surface area (Å²) in [5, 5.41) is 3.54. The van der Waals surface area contributed by atoms with Crippen LogP contribution in [0.15, 0.2) is 0 Å². The van der Waals surface area contributed by atoms with Gasteiger partial charge in [-0.15, -0.1) is 0 Å². The minimum absolute atomic E-state index is 0.0202. The molecule has 1 fully saturated rings. The molecule has 1 amide bonds. The molecule has 1 rings (SSSR count). The minimum Gasteiger partial charge on any atom is -0.325 e. The van der Waals surface area contributed by atoms with E-state index >= 15 is 0 Å². The van der Waals surface area contributed by atoms with E-state index in [1.54, 1.807) is 0 Å². The van der Waals surface area contributed by atoms with Crippen LogP contribution in [-0.2, 0) is 4.79 Å². The van der Waals surface area contributed by atoms with E-state index in [1.165, 1.54) is 0 Å². The molecule has 3 unspecified atom stereocenters. The Hall–Kier alpha value is -0.570. The van der Waals surface area contributed by atoms with Crippen LogP contribution in [-0.4, -0.2) is 29.6 Å². The molecule has 112 valence electrons. The lowest BCUT2D eigenvalue weighted by Gasteiger charge is -2.30. The highest BCUT2D eigenvalue weighted by Gasteiger charge is 2.40. The Morgan fingerprint density at radius 3 is 2.11 bits per heavy atom. The van der Waals surface area contributed by atoms with Crippen LogP contribution >= 0.6 is 0 Å². The van der Waals surface area contributed by atoms with Gasteiger partial charge in [0.25, 0.3) is 0 Å². The van der Waals surface area contributed by atoms with Crippen LogP contribution in [0.1, 0.15) is 54.9 Å². The monoisotopic (exact) mass is 268 g/mol. The first-order valence-electron chi connectivity index (χ1n) is 7.80. The topological polar surface area (TPSA) is 32.3 Å². The second-order valence-electron chi connectivity index (χ2n) is 7.25. The van der Waals surface area contributed by atoms with Crippen molar-refractivity contribution in [3.05, 3.63) is 0 Å². The summed E-state index contributed by atoms with van der Waals surface area (Å²) in [5.41, 5.74) is 0. The van der Waals surface area contributed by atoms with Gasteiger partial charge in [-0.1, -0.05) is 48.5 Å². The number of nitrogens with zero attached hydrogens (tertiary/aromatic N) is 1.